The molecule has 1 spiro atoms. The van der Waals surface area contributed by atoms with Crippen LogP contribution < -0.4 is 0 Å². The number of hydrogen-bond donors (Lipinski definition) is 0. The molecule has 3 aliphatic rings. The molecule has 0 aromatic heterocycles. The van der Waals surface area contributed by atoms with Crippen LogP contribution in [0, 0.1) is 28.1 Å². The predicted octanol–water partition coefficient (Wildman–Crippen LogP) is 3.94. The Balaban J connectivity index is 1.74. The van der Waals surface area contributed by atoms with E-state index in [4.69, 9.17) is 0 Å². The Morgan fingerprint density at radius 1 is 1.20 bits per heavy atom. The second kappa shape index (κ2) is 7.16. The van der Waals surface area contributed by atoms with Gasteiger partial charge in [0.2, 0.25) is 0 Å². The van der Waals surface area contributed by atoms with Crippen LogP contribution in [0.5, 0.6) is 0 Å². The second-order valence-electron chi connectivity index (χ2n) is 8.94. The number of hydrogen-bond acceptors (Lipinski definition) is 4. The molecule has 1 heterocycles. The Hall–Kier alpha value is -1.26. The minimum absolute atomic E-state index is 0.0325. The van der Waals surface area contributed by atoms with Crippen molar-refractivity contribution in [3.8, 4) is 0 Å². The molecule has 2 unspecified atom stereocenters. The largest absolute Gasteiger partial charge is 0.330 e. The van der Waals surface area contributed by atoms with Gasteiger partial charge in [0, 0.05) is 17.9 Å². The summed E-state index contributed by atoms with van der Waals surface area (Å²) in [4.78, 5) is 39.1. The normalized spacial score (nSPS) is 33.7. The third-order valence-electron chi connectivity index (χ3n) is 7.00. The minimum Gasteiger partial charge on any atom is -0.330 e. The summed E-state index contributed by atoms with van der Waals surface area (Å²) in [6.07, 6.45) is 8.26. The quantitative estimate of drug-likeness (QED) is 0.683. The van der Waals surface area contributed by atoms with E-state index in [1.807, 2.05) is 13.8 Å². The Kier molecular flexibility index (Phi) is 5.31. The first-order valence-electron chi connectivity index (χ1n) is 10.1. The van der Waals surface area contributed by atoms with Crippen LogP contribution in [0.2, 0.25) is 0 Å². The number of nitrogens with zero attached hydrogens (tertiary/aromatic N) is 2. The van der Waals surface area contributed by atoms with Gasteiger partial charge in [-0.2, -0.15) is 0 Å². The van der Waals surface area contributed by atoms with E-state index < -0.39 is 6.04 Å². The van der Waals surface area contributed by atoms with E-state index in [1.165, 1.54) is 19.3 Å². The van der Waals surface area contributed by atoms with Crippen LogP contribution in [0.4, 0.5) is 0 Å². The van der Waals surface area contributed by atoms with Gasteiger partial charge in [-0.05, 0) is 31.1 Å². The van der Waals surface area contributed by atoms with Crippen molar-refractivity contribution >= 4 is 11.7 Å². The van der Waals surface area contributed by atoms with Gasteiger partial charge in [0.05, 0.1) is 6.04 Å². The summed E-state index contributed by atoms with van der Waals surface area (Å²) >= 11 is 0. The summed E-state index contributed by atoms with van der Waals surface area (Å²) < 4.78 is 0. The molecule has 5 heteroatoms. The van der Waals surface area contributed by atoms with E-state index in [0.717, 1.165) is 25.7 Å². The van der Waals surface area contributed by atoms with Gasteiger partial charge in [-0.15, -0.1) is 4.91 Å². The summed E-state index contributed by atoms with van der Waals surface area (Å²) in [5.74, 6) is 0.771. The molecule has 0 bridgehead atoms. The number of likely N-dealkylation sites (tertiary alicyclic amines) is 1. The molecule has 2 saturated carbocycles. The third-order valence-corrected chi connectivity index (χ3v) is 7.00. The first-order valence-corrected chi connectivity index (χ1v) is 10.1. The molecule has 0 N–H and O–H groups in total. The van der Waals surface area contributed by atoms with E-state index in [1.54, 1.807) is 4.90 Å². The number of rotatable bonds is 6. The van der Waals surface area contributed by atoms with Gasteiger partial charge in [0.1, 0.15) is 0 Å². The van der Waals surface area contributed by atoms with Crippen molar-refractivity contribution in [3.63, 3.8) is 0 Å². The fourth-order valence-corrected chi connectivity index (χ4v) is 5.25. The molecule has 5 nitrogen and oxygen atoms in total. The summed E-state index contributed by atoms with van der Waals surface area (Å²) in [5.41, 5.74) is -0.0325. The summed E-state index contributed by atoms with van der Waals surface area (Å²) in [6, 6.07) is -1.15. The SMILES string of the molecule is CC(C)C(=O)[C@H]1N(C(=O)C(CC2CCCCC2)N=O)CCC12C[C@H]2C. The lowest BCUT2D eigenvalue weighted by Gasteiger charge is -2.31. The van der Waals surface area contributed by atoms with Crippen molar-refractivity contribution in [2.24, 2.45) is 28.3 Å². The van der Waals surface area contributed by atoms with Crippen LogP contribution in [0.15, 0.2) is 5.18 Å². The lowest BCUT2D eigenvalue weighted by atomic mass is 9.84. The zero-order valence-electron chi connectivity index (χ0n) is 15.9. The van der Waals surface area contributed by atoms with Gasteiger partial charge >= 0.3 is 0 Å². The number of amides is 1. The Bertz CT molecular complexity index is 541. The van der Waals surface area contributed by atoms with Crippen LogP contribution in [-0.2, 0) is 9.59 Å². The standard InChI is InChI=1S/C20H32N2O3/c1-13(2)17(23)18-20(12-14(20)3)9-10-22(18)19(24)16(21-25)11-15-7-5-4-6-8-15/h13-16,18H,4-12H2,1-3H3/t14-,16?,18-,20?/m1/s1. The maximum atomic E-state index is 13.1. The lowest BCUT2D eigenvalue weighted by Crippen LogP contribution is -2.49. The highest BCUT2D eigenvalue weighted by molar-refractivity contribution is 5.93. The van der Waals surface area contributed by atoms with E-state index in [2.05, 4.69) is 12.1 Å². The Morgan fingerprint density at radius 2 is 1.84 bits per heavy atom. The highest BCUT2D eigenvalue weighted by Gasteiger charge is 2.64. The van der Waals surface area contributed by atoms with Gasteiger partial charge in [-0.25, -0.2) is 0 Å². The van der Waals surface area contributed by atoms with Crippen molar-refractivity contribution in [2.75, 3.05) is 6.54 Å². The highest BCUT2D eigenvalue weighted by atomic mass is 16.3. The van der Waals surface area contributed by atoms with Crippen LogP contribution in [0.1, 0.15) is 72.1 Å². The monoisotopic (exact) mass is 348 g/mol. The average molecular weight is 348 g/mol. The van der Waals surface area contributed by atoms with Gasteiger partial charge in [-0.1, -0.05) is 58.1 Å². The number of Topliss-reactive ketones (excluding diaryl/α,β-unsaturated/α-hetero) is 1. The zero-order chi connectivity index (χ0) is 18.2. The molecule has 3 fully saturated rings. The molecule has 0 radical (unpaired) electrons. The fourth-order valence-electron chi connectivity index (χ4n) is 5.25. The van der Waals surface area contributed by atoms with Crippen molar-refractivity contribution in [2.45, 2.75) is 84.2 Å². The van der Waals surface area contributed by atoms with Crippen molar-refractivity contribution in [1.29, 1.82) is 0 Å². The first kappa shape index (κ1) is 18.5. The Morgan fingerprint density at radius 3 is 2.36 bits per heavy atom. The molecule has 3 rings (SSSR count). The van der Waals surface area contributed by atoms with Crippen molar-refractivity contribution < 1.29 is 9.59 Å². The number of ketones is 1. The van der Waals surface area contributed by atoms with Crippen molar-refractivity contribution in [3.05, 3.63) is 4.91 Å². The molecule has 1 saturated heterocycles. The smallest absolute Gasteiger partial charge is 0.251 e. The Labute approximate surface area is 150 Å². The molecule has 0 aromatic rings. The molecule has 1 aliphatic heterocycles. The molecule has 2 aliphatic carbocycles. The van der Waals surface area contributed by atoms with Gasteiger partial charge in [0.15, 0.2) is 11.8 Å². The number of carbonyl (C=O) groups is 2. The molecule has 25 heavy (non-hydrogen) atoms. The fraction of sp³-hybridized carbons (Fsp3) is 0.900. The van der Waals surface area contributed by atoms with Crippen LogP contribution in [0.25, 0.3) is 0 Å². The topological polar surface area (TPSA) is 66.8 Å². The second-order valence-corrected chi connectivity index (χ2v) is 8.94. The summed E-state index contributed by atoms with van der Waals surface area (Å²) in [5, 5.41) is 3.20. The molecule has 4 atom stereocenters. The number of nitroso groups, excluding NO2 is 1. The number of carbonyl (C=O) groups excluding carboxylic acids is 2. The maximum Gasteiger partial charge on any atom is 0.251 e. The highest BCUT2D eigenvalue weighted by Crippen LogP contribution is 2.62. The molecular weight excluding hydrogens is 316 g/mol. The predicted molar refractivity (Wildman–Crippen MR) is 97.0 cm³/mol. The van der Waals surface area contributed by atoms with Crippen LogP contribution >= 0.6 is 0 Å². The molecule has 1 amide bonds. The van der Waals surface area contributed by atoms with Gasteiger partial charge in [-0.3, -0.25) is 9.59 Å². The maximum absolute atomic E-state index is 13.1. The van der Waals surface area contributed by atoms with E-state index in [9.17, 15) is 14.5 Å². The molecule has 140 valence electrons. The van der Waals surface area contributed by atoms with Crippen LogP contribution in [-0.4, -0.2) is 35.2 Å². The van der Waals surface area contributed by atoms with Crippen LogP contribution in [0.3, 0.4) is 0 Å². The third kappa shape index (κ3) is 3.39. The van der Waals surface area contributed by atoms with Gasteiger partial charge in [0.25, 0.3) is 5.91 Å². The summed E-state index contributed by atoms with van der Waals surface area (Å²) in [6.45, 7) is 6.58. The van der Waals surface area contributed by atoms with E-state index in [0.29, 0.717) is 24.8 Å². The molecule has 0 aromatic carbocycles. The lowest BCUT2D eigenvalue weighted by molar-refractivity contribution is -0.141. The van der Waals surface area contributed by atoms with E-state index >= 15 is 0 Å². The van der Waals surface area contributed by atoms with Gasteiger partial charge < -0.3 is 4.90 Å². The zero-order valence-corrected chi connectivity index (χ0v) is 15.9. The average Bonchev–Trinajstić information content (AvgIpc) is 3.09. The first-order chi connectivity index (χ1) is 11.9. The summed E-state index contributed by atoms with van der Waals surface area (Å²) in [7, 11) is 0. The minimum atomic E-state index is -0.810. The molecular formula is C20H32N2O3. The van der Waals surface area contributed by atoms with Crippen molar-refractivity contribution in [1.82, 2.24) is 4.90 Å². The van der Waals surface area contributed by atoms with E-state index in [-0.39, 0.29) is 29.1 Å².